The van der Waals surface area contributed by atoms with Gasteiger partial charge in [0.1, 0.15) is 5.75 Å². The third-order valence-corrected chi connectivity index (χ3v) is 2.73. The minimum Gasteiger partial charge on any atom is -0.424 e. The van der Waals surface area contributed by atoms with Gasteiger partial charge in [-0.15, -0.1) is 0 Å². The van der Waals surface area contributed by atoms with E-state index in [9.17, 15) is 0 Å². The van der Waals surface area contributed by atoms with Gasteiger partial charge in [-0.05, 0) is 53.9 Å². The highest BCUT2D eigenvalue weighted by Gasteiger charge is 2.07. The van der Waals surface area contributed by atoms with Gasteiger partial charge in [-0.25, -0.2) is 0 Å². The molecular formula is C10H6BrCl2N3O. The maximum atomic E-state index is 5.65. The van der Waals surface area contributed by atoms with Gasteiger partial charge in [0.15, 0.2) is 0 Å². The van der Waals surface area contributed by atoms with Gasteiger partial charge in [0, 0.05) is 4.47 Å². The molecule has 0 aliphatic rings. The van der Waals surface area contributed by atoms with Crippen molar-refractivity contribution >= 4 is 39.1 Å². The number of nitrogens with zero attached hydrogens (tertiary/aromatic N) is 3. The Morgan fingerprint density at radius 2 is 1.76 bits per heavy atom. The van der Waals surface area contributed by atoms with Crippen molar-refractivity contribution in [1.82, 2.24) is 15.0 Å². The van der Waals surface area contributed by atoms with E-state index < -0.39 is 0 Å². The summed E-state index contributed by atoms with van der Waals surface area (Å²) in [6.07, 6.45) is 0. The largest absolute Gasteiger partial charge is 0.424 e. The smallest absolute Gasteiger partial charge is 0.327 e. The van der Waals surface area contributed by atoms with Crippen LogP contribution in [-0.2, 0) is 0 Å². The van der Waals surface area contributed by atoms with E-state index in [2.05, 4.69) is 30.9 Å². The van der Waals surface area contributed by atoms with Crippen LogP contribution in [0, 0.1) is 6.92 Å². The maximum Gasteiger partial charge on any atom is 0.327 e. The second kappa shape index (κ2) is 5.16. The summed E-state index contributed by atoms with van der Waals surface area (Å²) in [5.74, 6) is 0.631. The zero-order valence-corrected chi connectivity index (χ0v) is 11.7. The van der Waals surface area contributed by atoms with Gasteiger partial charge in [0.05, 0.1) is 0 Å². The molecule has 88 valence electrons. The quantitative estimate of drug-likeness (QED) is 0.831. The average Bonchev–Trinajstić information content (AvgIpc) is 2.21. The number of hydrogen-bond acceptors (Lipinski definition) is 4. The van der Waals surface area contributed by atoms with Crippen LogP contribution in [0.1, 0.15) is 5.56 Å². The molecule has 0 saturated heterocycles. The molecule has 0 saturated carbocycles. The van der Waals surface area contributed by atoms with Crippen LogP contribution in [0.5, 0.6) is 11.8 Å². The van der Waals surface area contributed by atoms with Crippen molar-refractivity contribution in [2.45, 2.75) is 6.92 Å². The maximum absolute atomic E-state index is 5.65. The van der Waals surface area contributed by atoms with E-state index in [0.29, 0.717) is 5.75 Å². The fourth-order valence-corrected chi connectivity index (χ4v) is 2.00. The number of aromatic nitrogens is 3. The number of halogens is 3. The average molecular weight is 335 g/mol. The van der Waals surface area contributed by atoms with Crippen molar-refractivity contribution in [3.63, 3.8) is 0 Å². The molecule has 0 amide bonds. The van der Waals surface area contributed by atoms with Crippen molar-refractivity contribution in [2.24, 2.45) is 0 Å². The van der Waals surface area contributed by atoms with Gasteiger partial charge in [-0.3, -0.25) is 0 Å². The predicted octanol–water partition coefficient (Wildman–Crippen LogP) is 4.04. The van der Waals surface area contributed by atoms with Crippen molar-refractivity contribution in [2.75, 3.05) is 0 Å². The summed E-state index contributed by atoms with van der Waals surface area (Å²) < 4.78 is 6.44. The lowest BCUT2D eigenvalue weighted by atomic mass is 10.2. The SMILES string of the molecule is Cc1cc(Br)ccc1Oc1nc(Cl)nc(Cl)n1. The van der Waals surface area contributed by atoms with Crippen molar-refractivity contribution in [3.8, 4) is 11.8 Å². The minimum absolute atomic E-state index is 0.00485. The standard InChI is InChI=1S/C10H6BrCl2N3O/c1-5-4-6(11)2-3-7(5)17-10-15-8(12)14-9(13)16-10/h2-4H,1H3. The Bertz CT molecular complexity index is 545. The van der Waals surface area contributed by atoms with Crippen LogP contribution in [-0.4, -0.2) is 15.0 Å². The van der Waals surface area contributed by atoms with Crippen LogP contribution in [0.4, 0.5) is 0 Å². The number of ether oxygens (including phenoxy) is 1. The normalized spacial score (nSPS) is 10.4. The molecule has 0 aliphatic carbocycles. The first-order valence-electron chi connectivity index (χ1n) is 4.55. The van der Waals surface area contributed by atoms with Crippen LogP contribution in [0.15, 0.2) is 22.7 Å². The van der Waals surface area contributed by atoms with E-state index in [-0.39, 0.29) is 16.6 Å². The van der Waals surface area contributed by atoms with Crippen LogP contribution in [0.2, 0.25) is 10.6 Å². The van der Waals surface area contributed by atoms with Crippen LogP contribution < -0.4 is 4.74 Å². The Balaban J connectivity index is 2.31. The minimum atomic E-state index is -0.00485. The molecule has 0 unspecified atom stereocenters. The lowest BCUT2D eigenvalue weighted by Gasteiger charge is -2.07. The summed E-state index contributed by atoms with van der Waals surface area (Å²) in [5.41, 5.74) is 0.937. The fourth-order valence-electron chi connectivity index (χ4n) is 1.18. The first-order chi connectivity index (χ1) is 8.04. The van der Waals surface area contributed by atoms with E-state index in [1.54, 1.807) is 6.07 Å². The lowest BCUT2D eigenvalue weighted by molar-refractivity contribution is 0.436. The van der Waals surface area contributed by atoms with Gasteiger partial charge in [-0.1, -0.05) is 15.9 Å². The molecule has 0 aliphatic heterocycles. The molecule has 4 nitrogen and oxygen atoms in total. The zero-order valence-electron chi connectivity index (χ0n) is 8.62. The lowest BCUT2D eigenvalue weighted by Crippen LogP contribution is -1.96. The first-order valence-corrected chi connectivity index (χ1v) is 6.10. The van der Waals surface area contributed by atoms with Crippen LogP contribution >= 0.6 is 39.1 Å². The van der Waals surface area contributed by atoms with Crippen molar-refractivity contribution in [1.29, 1.82) is 0 Å². The predicted molar refractivity (Wildman–Crippen MR) is 68.8 cm³/mol. The molecule has 1 aromatic heterocycles. The van der Waals surface area contributed by atoms with E-state index in [1.165, 1.54) is 0 Å². The monoisotopic (exact) mass is 333 g/mol. The van der Waals surface area contributed by atoms with Crippen LogP contribution in [0.3, 0.4) is 0 Å². The number of rotatable bonds is 2. The zero-order chi connectivity index (χ0) is 12.4. The molecule has 0 spiro atoms. The Labute approximate surface area is 116 Å². The van der Waals surface area contributed by atoms with E-state index in [0.717, 1.165) is 10.0 Å². The topological polar surface area (TPSA) is 47.9 Å². The molecule has 0 fully saturated rings. The van der Waals surface area contributed by atoms with Crippen LogP contribution in [0.25, 0.3) is 0 Å². The highest BCUT2D eigenvalue weighted by molar-refractivity contribution is 9.10. The number of benzene rings is 1. The van der Waals surface area contributed by atoms with Gasteiger partial charge in [0.25, 0.3) is 0 Å². The highest BCUT2D eigenvalue weighted by Crippen LogP contribution is 2.26. The Kier molecular flexibility index (Phi) is 3.81. The molecular weight excluding hydrogens is 329 g/mol. The molecule has 2 aromatic rings. The summed E-state index contributed by atoms with van der Waals surface area (Å²) in [6, 6.07) is 5.64. The molecule has 17 heavy (non-hydrogen) atoms. The summed E-state index contributed by atoms with van der Waals surface area (Å²) in [4.78, 5) is 11.3. The van der Waals surface area contributed by atoms with E-state index in [4.69, 9.17) is 27.9 Å². The molecule has 7 heteroatoms. The van der Waals surface area contributed by atoms with Gasteiger partial charge >= 0.3 is 6.01 Å². The third kappa shape index (κ3) is 3.28. The van der Waals surface area contributed by atoms with Gasteiger partial charge < -0.3 is 4.74 Å². The summed E-state index contributed by atoms with van der Waals surface area (Å²) in [7, 11) is 0. The van der Waals surface area contributed by atoms with Crippen molar-refractivity contribution in [3.05, 3.63) is 38.8 Å². The van der Waals surface area contributed by atoms with Gasteiger partial charge in [0.2, 0.25) is 10.6 Å². The van der Waals surface area contributed by atoms with Crippen molar-refractivity contribution < 1.29 is 4.74 Å². The molecule has 0 atom stereocenters. The first kappa shape index (κ1) is 12.5. The van der Waals surface area contributed by atoms with Gasteiger partial charge in [-0.2, -0.15) is 15.0 Å². The molecule has 0 N–H and O–H groups in total. The second-order valence-corrected chi connectivity index (χ2v) is 4.76. The summed E-state index contributed by atoms with van der Waals surface area (Å²) in [6.45, 7) is 1.91. The molecule has 1 heterocycles. The highest BCUT2D eigenvalue weighted by atomic mass is 79.9. The summed E-state index contributed by atoms with van der Waals surface area (Å²) in [5, 5.41) is -0.00969. The second-order valence-electron chi connectivity index (χ2n) is 3.17. The van der Waals surface area contributed by atoms with E-state index in [1.807, 2.05) is 19.1 Å². The van der Waals surface area contributed by atoms with E-state index >= 15 is 0 Å². The molecule has 1 aromatic carbocycles. The molecule has 0 radical (unpaired) electrons. The Hall–Kier alpha value is -0.910. The molecule has 2 rings (SSSR count). The number of hydrogen-bond donors (Lipinski definition) is 0. The Morgan fingerprint density at radius 1 is 1.12 bits per heavy atom. The molecule has 0 bridgehead atoms. The summed E-state index contributed by atoms with van der Waals surface area (Å²) >= 11 is 14.7. The Morgan fingerprint density at radius 3 is 2.35 bits per heavy atom. The third-order valence-electron chi connectivity index (χ3n) is 1.90. The fraction of sp³-hybridized carbons (Fsp3) is 0.100. The number of aryl methyl sites for hydroxylation is 1.